The van der Waals surface area contributed by atoms with Crippen molar-refractivity contribution in [2.24, 2.45) is 0 Å². The lowest BCUT2D eigenvalue weighted by Gasteiger charge is -2.14. The van der Waals surface area contributed by atoms with E-state index in [1.165, 1.54) is 19.2 Å². The Morgan fingerprint density at radius 1 is 1.26 bits per heavy atom. The van der Waals surface area contributed by atoms with Gasteiger partial charge in [0, 0.05) is 12.6 Å². The topological polar surface area (TPSA) is 77.5 Å². The third-order valence-electron chi connectivity index (χ3n) is 3.51. The summed E-state index contributed by atoms with van der Waals surface area (Å²) < 4.78 is 10.7. The molecule has 6 nitrogen and oxygen atoms in total. The summed E-state index contributed by atoms with van der Waals surface area (Å²) in [6, 6.07) is 9.11. The lowest BCUT2D eigenvalue weighted by molar-refractivity contribution is -0.153. The number of ether oxygens (including phenoxy) is 2. The summed E-state index contributed by atoms with van der Waals surface area (Å²) in [6.07, 6.45) is 0.993. The van der Waals surface area contributed by atoms with Gasteiger partial charge in [0.25, 0.3) is 5.91 Å². The fourth-order valence-corrected chi connectivity index (χ4v) is 2.57. The van der Waals surface area contributed by atoms with Crippen LogP contribution < -0.4 is 10.1 Å². The molecule has 8 heteroatoms. The summed E-state index contributed by atoms with van der Waals surface area (Å²) in [6.45, 7) is 3.83. The molecule has 1 N–H and O–H groups in total. The first kappa shape index (κ1) is 21.0. The molecule has 144 valence electrons. The van der Waals surface area contributed by atoms with E-state index in [-0.39, 0.29) is 17.3 Å². The number of halogens is 2. The number of nitrogens with one attached hydrogen (secondary N) is 1. The van der Waals surface area contributed by atoms with Crippen LogP contribution in [0.2, 0.25) is 10.0 Å². The van der Waals surface area contributed by atoms with E-state index < -0.39 is 18.0 Å². The molecule has 1 aromatic heterocycles. The highest BCUT2D eigenvalue weighted by molar-refractivity contribution is 6.36. The van der Waals surface area contributed by atoms with Gasteiger partial charge in [-0.05, 0) is 44.0 Å². The monoisotopic (exact) mass is 410 g/mol. The van der Waals surface area contributed by atoms with Crippen LogP contribution in [0.3, 0.4) is 0 Å². The highest BCUT2D eigenvalue weighted by Crippen LogP contribution is 2.22. The van der Waals surface area contributed by atoms with Crippen molar-refractivity contribution >= 4 is 40.9 Å². The van der Waals surface area contributed by atoms with Gasteiger partial charge in [-0.25, -0.2) is 4.98 Å². The molecule has 0 fully saturated rings. The Balaban J connectivity index is 1.71. The van der Waals surface area contributed by atoms with Crippen molar-refractivity contribution in [2.45, 2.75) is 32.8 Å². The van der Waals surface area contributed by atoms with Gasteiger partial charge in [-0.3, -0.25) is 9.59 Å². The lowest BCUT2D eigenvalue weighted by atomic mass is 10.2. The number of nitrogens with zero attached hydrogens (tertiary/aromatic N) is 1. The van der Waals surface area contributed by atoms with E-state index in [1.54, 1.807) is 0 Å². The van der Waals surface area contributed by atoms with Crippen molar-refractivity contribution in [1.29, 1.82) is 0 Å². The highest BCUT2D eigenvalue weighted by Gasteiger charge is 2.19. The second kappa shape index (κ2) is 10.1. The van der Waals surface area contributed by atoms with E-state index in [1.807, 2.05) is 31.2 Å². The van der Waals surface area contributed by atoms with Gasteiger partial charge < -0.3 is 14.8 Å². The molecule has 0 unspecified atom stereocenters. The Bertz CT molecular complexity index is 814. The molecule has 0 bridgehead atoms. The lowest BCUT2D eigenvalue weighted by Crippen LogP contribution is -2.30. The van der Waals surface area contributed by atoms with Crippen molar-refractivity contribution in [3.8, 4) is 5.75 Å². The van der Waals surface area contributed by atoms with Crippen LogP contribution in [0.25, 0.3) is 0 Å². The van der Waals surface area contributed by atoms with Gasteiger partial charge in [-0.1, -0.05) is 35.3 Å². The van der Waals surface area contributed by atoms with Crippen molar-refractivity contribution < 1.29 is 19.1 Å². The van der Waals surface area contributed by atoms with Crippen LogP contribution in [0.5, 0.6) is 5.75 Å². The fraction of sp³-hybridized carbons (Fsp3) is 0.316. The second-order valence-electron chi connectivity index (χ2n) is 5.87. The first-order chi connectivity index (χ1) is 12.8. The molecule has 1 amide bonds. The van der Waals surface area contributed by atoms with Gasteiger partial charge in [0.2, 0.25) is 0 Å². The van der Waals surface area contributed by atoms with Gasteiger partial charge in [0.05, 0.1) is 16.7 Å². The predicted molar refractivity (Wildman–Crippen MR) is 104 cm³/mol. The number of pyridine rings is 1. The quantitative estimate of drug-likeness (QED) is 0.514. The number of aryl methyl sites for hydroxylation is 1. The number of hydrogen-bond acceptors (Lipinski definition) is 5. The minimum Gasteiger partial charge on any atom is -0.494 e. The number of benzene rings is 1. The fourth-order valence-electron chi connectivity index (χ4n) is 2.15. The number of rotatable bonds is 8. The summed E-state index contributed by atoms with van der Waals surface area (Å²) in [4.78, 5) is 27.9. The van der Waals surface area contributed by atoms with Crippen molar-refractivity contribution in [1.82, 2.24) is 4.98 Å². The zero-order valence-electron chi connectivity index (χ0n) is 15.0. The Morgan fingerprint density at radius 2 is 2.04 bits per heavy atom. The largest absolute Gasteiger partial charge is 0.494 e. The Labute approximate surface area is 167 Å². The van der Waals surface area contributed by atoms with Crippen LogP contribution in [0.1, 0.15) is 25.3 Å². The Hall–Kier alpha value is -2.31. The van der Waals surface area contributed by atoms with Gasteiger partial charge in [0.1, 0.15) is 5.75 Å². The molecule has 0 aliphatic carbocycles. The third kappa shape index (κ3) is 7.07. The van der Waals surface area contributed by atoms with Crippen LogP contribution >= 0.6 is 23.2 Å². The number of carbonyl (C=O) groups excluding carboxylic acids is 2. The first-order valence-electron chi connectivity index (χ1n) is 8.36. The molecule has 2 aromatic rings. The van der Waals surface area contributed by atoms with Crippen LogP contribution in [-0.2, 0) is 14.3 Å². The van der Waals surface area contributed by atoms with Gasteiger partial charge in [-0.15, -0.1) is 0 Å². The molecule has 0 spiro atoms. The number of esters is 1. The predicted octanol–water partition coefficient (Wildman–Crippen LogP) is 4.43. The summed E-state index contributed by atoms with van der Waals surface area (Å²) in [5, 5.41) is 3.04. The molecule has 1 atom stereocenters. The van der Waals surface area contributed by atoms with Crippen molar-refractivity contribution in [3.63, 3.8) is 0 Å². The molecule has 0 aliphatic heterocycles. The number of aromatic nitrogens is 1. The van der Waals surface area contributed by atoms with E-state index in [0.717, 1.165) is 11.3 Å². The zero-order chi connectivity index (χ0) is 19.8. The highest BCUT2D eigenvalue weighted by atomic mass is 35.5. The number of hydrogen-bond donors (Lipinski definition) is 1. The molecule has 0 saturated heterocycles. The van der Waals surface area contributed by atoms with E-state index >= 15 is 0 Å². The van der Waals surface area contributed by atoms with E-state index in [9.17, 15) is 9.59 Å². The van der Waals surface area contributed by atoms with Crippen LogP contribution in [0, 0.1) is 6.92 Å². The van der Waals surface area contributed by atoms with Gasteiger partial charge in [-0.2, -0.15) is 0 Å². The molecule has 0 aliphatic rings. The Morgan fingerprint density at radius 3 is 2.74 bits per heavy atom. The average molecular weight is 411 g/mol. The second-order valence-corrected chi connectivity index (χ2v) is 6.72. The van der Waals surface area contributed by atoms with Gasteiger partial charge >= 0.3 is 5.97 Å². The van der Waals surface area contributed by atoms with Crippen LogP contribution in [0.4, 0.5) is 5.82 Å². The van der Waals surface area contributed by atoms with E-state index in [2.05, 4.69) is 10.3 Å². The summed E-state index contributed by atoms with van der Waals surface area (Å²) in [5.41, 5.74) is 1.10. The number of anilines is 1. The Kier molecular flexibility index (Phi) is 7.88. The molecule has 1 heterocycles. The van der Waals surface area contributed by atoms with Crippen molar-refractivity contribution in [2.75, 3.05) is 11.9 Å². The van der Waals surface area contributed by atoms with Crippen LogP contribution in [0.15, 0.2) is 36.5 Å². The van der Waals surface area contributed by atoms with Crippen LogP contribution in [-0.4, -0.2) is 29.6 Å². The molecular weight excluding hydrogens is 391 g/mol. The molecule has 0 saturated carbocycles. The third-order valence-corrected chi connectivity index (χ3v) is 4.01. The summed E-state index contributed by atoms with van der Waals surface area (Å²) in [5.74, 6) is -0.110. The number of amides is 1. The SMILES string of the molecule is Cc1cccc(OCCCC(=O)O[C@@H](C)C(=O)Nc2ncc(Cl)cc2Cl)c1. The molecule has 2 rings (SSSR count). The molecular formula is C19H20Cl2N2O4. The van der Waals surface area contributed by atoms with E-state index in [4.69, 9.17) is 32.7 Å². The molecule has 0 radical (unpaired) electrons. The molecule has 1 aromatic carbocycles. The maximum atomic E-state index is 12.1. The summed E-state index contributed by atoms with van der Waals surface area (Å²) in [7, 11) is 0. The zero-order valence-corrected chi connectivity index (χ0v) is 16.5. The minimum absolute atomic E-state index is 0.142. The van der Waals surface area contributed by atoms with Gasteiger partial charge in [0.15, 0.2) is 11.9 Å². The first-order valence-corrected chi connectivity index (χ1v) is 9.11. The minimum atomic E-state index is -0.983. The normalized spacial score (nSPS) is 11.6. The average Bonchev–Trinajstić information content (AvgIpc) is 2.61. The standard InChI is InChI=1S/C19H20Cl2N2O4/c1-12-5-3-6-15(9-12)26-8-4-7-17(24)27-13(2)19(25)23-18-16(21)10-14(20)11-22-18/h3,5-6,9-11,13H,4,7-8H2,1-2H3,(H,22,23,25)/t13-/m0/s1. The smallest absolute Gasteiger partial charge is 0.306 e. The van der Waals surface area contributed by atoms with Crippen molar-refractivity contribution in [3.05, 3.63) is 52.1 Å². The molecule has 27 heavy (non-hydrogen) atoms. The maximum Gasteiger partial charge on any atom is 0.306 e. The van der Waals surface area contributed by atoms with E-state index in [0.29, 0.717) is 18.1 Å². The summed E-state index contributed by atoms with van der Waals surface area (Å²) >= 11 is 11.7. The maximum absolute atomic E-state index is 12.1. The number of carbonyl (C=O) groups is 2.